The number of ether oxygens (including phenoxy) is 1. The summed E-state index contributed by atoms with van der Waals surface area (Å²) in [6.45, 7) is 4.03. The molecule has 4 heteroatoms. The lowest BCUT2D eigenvalue weighted by molar-refractivity contribution is -0.0280. The van der Waals surface area contributed by atoms with Gasteiger partial charge in [-0.2, -0.15) is 0 Å². The summed E-state index contributed by atoms with van der Waals surface area (Å²) in [6, 6.07) is 1.87. The molecule has 3 rings (SSSR count). The number of hydrogen-bond acceptors (Lipinski definition) is 3. The fourth-order valence-corrected chi connectivity index (χ4v) is 3.21. The molecule has 1 saturated carbocycles. The third kappa shape index (κ3) is 1.74. The van der Waals surface area contributed by atoms with Crippen LogP contribution in [0.2, 0.25) is 0 Å². The van der Waals surface area contributed by atoms with Gasteiger partial charge < -0.3 is 9.30 Å². The molecular weight excluding hydrogens is 242 g/mol. The Morgan fingerprint density at radius 3 is 2.74 bits per heavy atom. The van der Waals surface area contributed by atoms with Crippen LogP contribution in [0, 0.1) is 0 Å². The molecule has 0 amide bonds. The number of carbonyl (C=O) groups excluding carboxylic acids is 1. The number of nitrogens with zero attached hydrogens (tertiary/aromatic N) is 1. The minimum atomic E-state index is -0.531. The standard InChI is InChI=1S/C15H17NO3/c1-2-9-16-10-6-11-12(13(16)17)14(18)19-15(11)7-4-3-5-8-15/h2,6,10H,1,3-5,7-9H2. The molecule has 1 aliphatic carbocycles. The van der Waals surface area contributed by atoms with E-state index in [9.17, 15) is 9.59 Å². The highest BCUT2D eigenvalue weighted by Crippen LogP contribution is 2.45. The van der Waals surface area contributed by atoms with Crippen molar-refractivity contribution in [1.29, 1.82) is 0 Å². The average Bonchev–Trinajstić information content (AvgIpc) is 2.67. The van der Waals surface area contributed by atoms with Gasteiger partial charge in [-0.15, -0.1) is 6.58 Å². The molecule has 0 saturated heterocycles. The summed E-state index contributed by atoms with van der Waals surface area (Å²) < 4.78 is 7.09. The van der Waals surface area contributed by atoms with Gasteiger partial charge in [0.15, 0.2) is 0 Å². The second kappa shape index (κ2) is 4.37. The highest BCUT2D eigenvalue weighted by Gasteiger charge is 2.47. The zero-order chi connectivity index (χ0) is 13.5. The number of aromatic nitrogens is 1. The normalized spacial score (nSPS) is 20.1. The molecule has 1 aromatic rings. The number of carbonyl (C=O) groups is 1. The van der Waals surface area contributed by atoms with Crippen molar-refractivity contribution in [3.8, 4) is 0 Å². The van der Waals surface area contributed by atoms with Gasteiger partial charge in [-0.1, -0.05) is 12.5 Å². The first kappa shape index (κ1) is 12.2. The van der Waals surface area contributed by atoms with Gasteiger partial charge in [-0.3, -0.25) is 4.79 Å². The van der Waals surface area contributed by atoms with Crippen LogP contribution in [0.5, 0.6) is 0 Å². The van der Waals surface area contributed by atoms with Crippen LogP contribution >= 0.6 is 0 Å². The highest BCUT2D eigenvalue weighted by atomic mass is 16.6. The van der Waals surface area contributed by atoms with Gasteiger partial charge in [0.1, 0.15) is 11.2 Å². The van der Waals surface area contributed by atoms with E-state index in [1.165, 1.54) is 11.0 Å². The predicted octanol–water partition coefficient (Wildman–Crippen LogP) is 2.36. The van der Waals surface area contributed by atoms with Crippen molar-refractivity contribution >= 4 is 5.97 Å². The van der Waals surface area contributed by atoms with E-state index in [2.05, 4.69) is 6.58 Å². The fourth-order valence-electron chi connectivity index (χ4n) is 3.21. The van der Waals surface area contributed by atoms with Crippen molar-refractivity contribution in [3.05, 3.63) is 46.4 Å². The van der Waals surface area contributed by atoms with Gasteiger partial charge in [0.2, 0.25) is 0 Å². The molecule has 0 aromatic carbocycles. The van der Waals surface area contributed by atoms with Gasteiger partial charge in [-0.05, 0) is 31.7 Å². The molecular formula is C15H17NO3. The second-order valence-corrected chi connectivity index (χ2v) is 5.30. The monoisotopic (exact) mass is 259 g/mol. The molecule has 0 radical (unpaired) electrons. The Hall–Kier alpha value is -1.84. The Labute approximate surface area is 111 Å². The van der Waals surface area contributed by atoms with E-state index in [4.69, 9.17) is 4.74 Å². The maximum absolute atomic E-state index is 12.3. The summed E-state index contributed by atoms with van der Waals surface area (Å²) in [5, 5.41) is 0. The van der Waals surface area contributed by atoms with E-state index < -0.39 is 11.6 Å². The van der Waals surface area contributed by atoms with Gasteiger partial charge in [0.25, 0.3) is 5.56 Å². The minimum absolute atomic E-state index is 0.228. The molecule has 4 nitrogen and oxygen atoms in total. The summed E-state index contributed by atoms with van der Waals surface area (Å²) in [5.74, 6) is -0.458. The second-order valence-electron chi connectivity index (χ2n) is 5.30. The third-order valence-electron chi connectivity index (χ3n) is 4.14. The Morgan fingerprint density at radius 2 is 2.05 bits per heavy atom. The molecule has 1 spiro atoms. The molecule has 0 N–H and O–H groups in total. The number of fused-ring (bicyclic) bond motifs is 2. The summed E-state index contributed by atoms with van der Waals surface area (Å²) in [7, 11) is 0. The van der Waals surface area contributed by atoms with Gasteiger partial charge >= 0.3 is 5.97 Å². The molecule has 1 aromatic heterocycles. The highest BCUT2D eigenvalue weighted by molar-refractivity contribution is 5.94. The maximum atomic E-state index is 12.3. The first-order valence-electron chi connectivity index (χ1n) is 6.76. The molecule has 0 bridgehead atoms. The Morgan fingerprint density at radius 1 is 1.32 bits per heavy atom. The van der Waals surface area contributed by atoms with Crippen LogP contribution in [0.25, 0.3) is 0 Å². The Kier molecular flexibility index (Phi) is 2.81. The summed E-state index contributed by atoms with van der Waals surface area (Å²) in [5.41, 5.74) is 0.232. The van der Waals surface area contributed by atoms with E-state index in [1.807, 2.05) is 6.07 Å². The van der Waals surface area contributed by atoms with E-state index in [1.54, 1.807) is 12.3 Å². The predicted molar refractivity (Wildman–Crippen MR) is 71.1 cm³/mol. The van der Waals surface area contributed by atoms with Crippen molar-refractivity contribution in [2.24, 2.45) is 0 Å². The quantitative estimate of drug-likeness (QED) is 0.605. The molecule has 0 unspecified atom stereocenters. The number of rotatable bonds is 2. The van der Waals surface area contributed by atoms with Crippen molar-refractivity contribution in [2.45, 2.75) is 44.2 Å². The molecule has 1 fully saturated rings. The van der Waals surface area contributed by atoms with Gasteiger partial charge in [0.05, 0.1) is 0 Å². The average molecular weight is 259 g/mol. The number of hydrogen-bond donors (Lipinski definition) is 0. The zero-order valence-corrected chi connectivity index (χ0v) is 10.9. The van der Waals surface area contributed by atoms with Gasteiger partial charge in [0, 0.05) is 18.3 Å². The van der Waals surface area contributed by atoms with Crippen LogP contribution in [0.1, 0.15) is 48.0 Å². The van der Waals surface area contributed by atoms with Crippen molar-refractivity contribution in [2.75, 3.05) is 0 Å². The maximum Gasteiger partial charge on any atom is 0.345 e. The van der Waals surface area contributed by atoms with Crippen molar-refractivity contribution < 1.29 is 9.53 Å². The number of allylic oxidation sites excluding steroid dienone is 1. The van der Waals surface area contributed by atoms with Crippen LogP contribution < -0.4 is 5.56 Å². The molecule has 100 valence electrons. The zero-order valence-electron chi connectivity index (χ0n) is 10.9. The van der Waals surface area contributed by atoms with Crippen LogP contribution in [0.15, 0.2) is 29.7 Å². The topological polar surface area (TPSA) is 48.3 Å². The summed E-state index contributed by atoms with van der Waals surface area (Å²) in [6.07, 6.45) is 8.30. The lowest BCUT2D eigenvalue weighted by atomic mass is 9.80. The minimum Gasteiger partial charge on any atom is -0.450 e. The first-order valence-corrected chi connectivity index (χ1v) is 6.76. The first-order chi connectivity index (χ1) is 9.18. The molecule has 19 heavy (non-hydrogen) atoms. The van der Waals surface area contributed by atoms with Crippen LogP contribution in [0.4, 0.5) is 0 Å². The van der Waals surface area contributed by atoms with Crippen LogP contribution in [0.3, 0.4) is 0 Å². The lowest BCUT2D eigenvalue weighted by Crippen LogP contribution is -2.29. The Bertz CT molecular complexity index is 594. The van der Waals surface area contributed by atoms with Crippen LogP contribution in [-0.2, 0) is 16.9 Å². The molecule has 0 atom stereocenters. The van der Waals surface area contributed by atoms with Crippen molar-refractivity contribution in [3.63, 3.8) is 0 Å². The number of esters is 1. The molecule has 2 aliphatic rings. The molecule has 2 heterocycles. The molecule has 1 aliphatic heterocycles. The summed E-state index contributed by atoms with van der Waals surface area (Å²) >= 11 is 0. The lowest BCUT2D eigenvalue weighted by Gasteiger charge is -2.32. The third-order valence-corrected chi connectivity index (χ3v) is 4.14. The van der Waals surface area contributed by atoms with E-state index >= 15 is 0 Å². The van der Waals surface area contributed by atoms with E-state index in [0.717, 1.165) is 31.2 Å². The smallest absolute Gasteiger partial charge is 0.345 e. The van der Waals surface area contributed by atoms with Crippen molar-refractivity contribution in [1.82, 2.24) is 4.57 Å². The largest absolute Gasteiger partial charge is 0.450 e. The van der Waals surface area contributed by atoms with E-state index in [0.29, 0.717) is 6.54 Å². The van der Waals surface area contributed by atoms with Gasteiger partial charge in [-0.25, -0.2) is 4.79 Å². The number of pyridine rings is 1. The SMILES string of the molecule is C=CCn1ccc2c(c1=O)C(=O)OC21CCCCC1. The fraction of sp³-hybridized carbons (Fsp3) is 0.467. The van der Waals surface area contributed by atoms with E-state index in [-0.39, 0.29) is 11.1 Å². The summed E-state index contributed by atoms with van der Waals surface area (Å²) in [4.78, 5) is 24.4. The van der Waals surface area contributed by atoms with Crippen LogP contribution in [-0.4, -0.2) is 10.5 Å². The Balaban J connectivity index is 2.14.